The molecule has 0 aromatic rings. The first-order valence-electron chi connectivity index (χ1n) is 6.05. The van der Waals surface area contributed by atoms with E-state index in [0.717, 1.165) is 16.7 Å². The van der Waals surface area contributed by atoms with Crippen LogP contribution in [0.4, 0.5) is 0 Å². The predicted molar refractivity (Wildman–Crippen MR) is 69.7 cm³/mol. The maximum atomic E-state index is 12.2. The van der Waals surface area contributed by atoms with Gasteiger partial charge in [0.1, 0.15) is 6.04 Å². The molecule has 7 heteroatoms. The lowest BCUT2D eigenvalue weighted by atomic mass is 10.1. The molecule has 19 heavy (non-hydrogen) atoms. The number of carboxylic acids is 1. The molecule has 106 valence electrons. The number of aliphatic carboxylic acids is 1. The van der Waals surface area contributed by atoms with E-state index >= 15 is 0 Å². The number of carbonyl (C=O) groups is 4. The summed E-state index contributed by atoms with van der Waals surface area (Å²) in [4.78, 5) is 46.6. The van der Waals surface area contributed by atoms with E-state index in [-0.39, 0.29) is 29.8 Å². The van der Waals surface area contributed by atoms with Gasteiger partial charge in [0, 0.05) is 25.0 Å². The highest BCUT2D eigenvalue weighted by molar-refractivity contribution is 8.13. The van der Waals surface area contributed by atoms with Crippen LogP contribution < -0.4 is 0 Å². The molecular weight excluding hydrogens is 270 g/mol. The van der Waals surface area contributed by atoms with Gasteiger partial charge in [-0.05, 0) is 6.42 Å². The minimum atomic E-state index is -1.16. The number of likely N-dealkylation sites (tertiary alicyclic amines) is 1. The van der Waals surface area contributed by atoms with Crippen LogP contribution in [0.15, 0.2) is 0 Å². The Balaban J connectivity index is 2.75. The second kappa shape index (κ2) is 6.70. The van der Waals surface area contributed by atoms with E-state index in [9.17, 15) is 19.2 Å². The van der Waals surface area contributed by atoms with Crippen molar-refractivity contribution in [2.45, 2.75) is 32.7 Å². The first-order valence-corrected chi connectivity index (χ1v) is 7.03. The fourth-order valence-corrected chi connectivity index (χ4v) is 2.77. The molecule has 0 bridgehead atoms. The lowest BCUT2D eigenvalue weighted by Gasteiger charge is -2.25. The van der Waals surface area contributed by atoms with Gasteiger partial charge >= 0.3 is 5.97 Å². The average molecular weight is 287 g/mol. The van der Waals surface area contributed by atoms with Gasteiger partial charge in [0.05, 0.1) is 6.54 Å². The molecule has 1 amide bonds. The topological polar surface area (TPSA) is 91.8 Å². The van der Waals surface area contributed by atoms with Crippen LogP contribution in [0.25, 0.3) is 0 Å². The van der Waals surface area contributed by atoms with Gasteiger partial charge in [-0.1, -0.05) is 18.7 Å². The summed E-state index contributed by atoms with van der Waals surface area (Å²) in [6.07, 6.45) is 0.382. The van der Waals surface area contributed by atoms with E-state index in [4.69, 9.17) is 5.11 Å². The van der Waals surface area contributed by atoms with Crippen LogP contribution in [0.1, 0.15) is 26.7 Å². The van der Waals surface area contributed by atoms with Gasteiger partial charge in [-0.25, -0.2) is 4.79 Å². The van der Waals surface area contributed by atoms with E-state index in [1.807, 2.05) is 0 Å². The summed E-state index contributed by atoms with van der Waals surface area (Å²) in [6, 6.07) is -1.06. The summed E-state index contributed by atoms with van der Waals surface area (Å²) in [5.41, 5.74) is 0. The first kappa shape index (κ1) is 15.7. The molecule has 0 radical (unpaired) electrons. The smallest absolute Gasteiger partial charge is 0.326 e. The van der Waals surface area contributed by atoms with Crippen molar-refractivity contribution in [2.24, 2.45) is 5.92 Å². The molecule has 2 atom stereocenters. The predicted octanol–water partition coefficient (Wildman–Crippen LogP) is 0.547. The normalized spacial score (nSPS) is 20.4. The average Bonchev–Trinajstić information content (AvgIpc) is 2.71. The Labute approximate surface area is 115 Å². The maximum Gasteiger partial charge on any atom is 0.326 e. The third kappa shape index (κ3) is 4.05. The largest absolute Gasteiger partial charge is 0.480 e. The van der Waals surface area contributed by atoms with Crippen molar-refractivity contribution in [1.82, 2.24) is 4.90 Å². The van der Waals surface area contributed by atoms with E-state index in [1.54, 1.807) is 6.92 Å². The number of amides is 1. The minimum absolute atomic E-state index is 0.0847. The molecule has 1 saturated heterocycles. The lowest BCUT2D eigenvalue weighted by molar-refractivity contribution is -0.149. The van der Waals surface area contributed by atoms with E-state index in [0.29, 0.717) is 12.2 Å². The van der Waals surface area contributed by atoms with E-state index < -0.39 is 17.9 Å². The Kier molecular flexibility index (Phi) is 5.53. The summed E-state index contributed by atoms with van der Waals surface area (Å²) in [5.74, 6) is -1.86. The summed E-state index contributed by atoms with van der Waals surface area (Å²) in [5, 5.41) is 8.93. The van der Waals surface area contributed by atoms with Crippen molar-refractivity contribution in [3.05, 3.63) is 0 Å². The molecule has 0 aromatic carbocycles. The zero-order valence-electron chi connectivity index (χ0n) is 10.9. The van der Waals surface area contributed by atoms with Crippen LogP contribution in [-0.4, -0.2) is 51.1 Å². The monoisotopic (exact) mass is 287 g/mol. The summed E-state index contributed by atoms with van der Waals surface area (Å²) in [6.45, 7) is 3.08. The van der Waals surface area contributed by atoms with Crippen molar-refractivity contribution in [3.63, 3.8) is 0 Å². The van der Waals surface area contributed by atoms with Crippen LogP contribution in [0.2, 0.25) is 0 Å². The summed E-state index contributed by atoms with van der Waals surface area (Å²) >= 11 is 1.04. The number of ketones is 1. The molecule has 1 heterocycles. The number of hydrogen-bond donors (Lipinski definition) is 1. The SMILES string of the molecule is CCC(CSC(C)=O)C(=O)N1CC(=O)C[C@H]1C(=O)O. The molecular formula is C12H17NO5S. The highest BCUT2D eigenvalue weighted by atomic mass is 32.2. The van der Waals surface area contributed by atoms with Crippen molar-refractivity contribution < 1.29 is 24.3 Å². The van der Waals surface area contributed by atoms with Gasteiger partial charge in [0.25, 0.3) is 0 Å². The van der Waals surface area contributed by atoms with E-state index in [1.165, 1.54) is 6.92 Å². The Morgan fingerprint density at radius 1 is 1.47 bits per heavy atom. The number of carboxylic acid groups (broad SMARTS) is 1. The molecule has 1 unspecified atom stereocenters. The van der Waals surface area contributed by atoms with Crippen LogP contribution >= 0.6 is 11.8 Å². The Hall–Kier alpha value is -1.37. The molecule has 1 rings (SSSR count). The van der Waals surface area contributed by atoms with Gasteiger partial charge in [-0.3, -0.25) is 14.4 Å². The number of thioether (sulfide) groups is 1. The zero-order chi connectivity index (χ0) is 14.6. The molecule has 1 N–H and O–H groups in total. The van der Waals surface area contributed by atoms with Crippen LogP contribution in [0.3, 0.4) is 0 Å². The Bertz CT molecular complexity index is 409. The second-order valence-corrected chi connectivity index (χ2v) is 5.67. The van der Waals surface area contributed by atoms with Crippen LogP contribution in [-0.2, 0) is 19.2 Å². The third-order valence-electron chi connectivity index (χ3n) is 3.04. The molecule has 0 spiro atoms. The molecule has 0 saturated carbocycles. The molecule has 0 aliphatic carbocycles. The number of carbonyl (C=O) groups excluding carboxylic acids is 3. The van der Waals surface area contributed by atoms with Gasteiger partial charge in [-0.2, -0.15) is 0 Å². The quantitative estimate of drug-likeness (QED) is 0.793. The second-order valence-electron chi connectivity index (χ2n) is 4.47. The van der Waals surface area contributed by atoms with Gasteiger partial charge in [-0.15, -0.1) is 0 Å². The fraction of sp³-hybridized carbons (Fsp3) is 0.667. The van der Waals surface area contributed by atoms with Crippen LogP contribution in [0, 0.1) is 5.92 Å². The molecule has 1 fully saturated rings. The van der Waals surface area contributed by atoms with Gasteiger partial charge in [0.2, 0.25) is 5.91 Å². The van der Waals surface area contributed by atoms with Gasteiger partial charge < -0.3 is 10.0 Å². The van der Waals surface area contributed by atoms with Crippen molar-refractivity contribution in [1.29, 1.82) is 0 Å². The molecule has 1 aliphatic rings. The van der Waals surface area contributed by atoms with Gasteiger partial charge in [0.15, 0.2) is 10.9 Å². The van der Waals surface area contributed by atoms with Crippen molar-refractivity contribution in [3.8, 4) is 0 Å². The molecule has 0 aromatic heterocycles. The number of Topliss-reactive ketones (excluding diaryl/α,β-unsaturated/α-hetero) is 1. The Morgan fingerprint density at radius 3 is 2.58 bits per heavy atom. The summed E-state index contributed by atoms with van der Waals surface area (Å²) < 4.78 is 0. The number of hydrogen-bond acceptors (Lipinski definition) is 5. The molecule has 1 aliphatic heterocycles. The van der Waals surface area contributed by atoms with Crippen LogP contribution in [0.5, 0.6) is 0 Å². The number of nitrogens with zero attached hydrogens (tertiary/aromatic N) is 1. The summed E-state index contributed by atoms with van der Waals surface area (Å²) in [7, 11) is 0. The standard InChI is InChI=1S/C12H17NO5S/c1-3-8(6-19-7(2)14)11(16)13-5-9(15)4-10(13)12(17)18/h8,10H,3-6H2,1-2H3,(H,17,18)/t8?,10-/m0/s1. The van der Waals surface area contributed by atoms with Crippen molar-refractivity contribution in [2.75, 3.05) is 12.3 Å². The Morgan fingerprint density at radius 2 is 2.11 bits per heavy atom. The highest BCUT2D eigenvalue weighted by Gasteiger charge is 2.40. The van der Waals surface area contributed by atoms with E-state index in [2.05, 4.69) is 0 Å². The minimum Gasteiger partial charge on any atom is -0.480 e. The highest BCUT2D eigenvalue weighted by Crippen LogP contribution is 2.22. The lowest BCUT2D eigenvalue weighted by Crippen LogP contribution is -2.44. The fourth-order valence-electron chi connectivity index (χ4n) is 1.96. The zero-order valence-corrected chi connectivity index (χ0v) is 11.7. The maximum absolute atomic E-state index is 12.2. The van der Waals surface area contributed by atoms with Crippen molar-refractivity contribution >= 4 is 34.5 Å². The first-order chi connectivity index (χ1) is 8.86. The number of rotatable bonds is 5. The molecule has 6 nitrogen and oxygen atoms in total. The third-order valence-corrected chi connectivity index (χ3v) is 4.02.